The van der Waals surface area contributed by atoms with Gasteiger partial charge in [-0.05, 0) is 74.0 Å². The lowest BCUT2D eigenvalue weighted by Gasteiger charge is -2.37. The molecule has 1 heterocycles. The molecule has 0 saturated carbocycles. The Hall–Kier alpha value is -2.96. The number of rotatable bonds is 6. The maximum absolute atomic E-state index is 16.0. The number of nitrogens with one attached hydrogen (secondary N) is 2. The lowest BCUT2D eigenvalue weighted by Crippen LogP contribution is -2.57. The molecule has 4 nitrogen and oxygen atoms in total. The molecule has 3 aromatic rings. The van der Waals surface area contributed by atoms with Gasteiger partial charge in [0.05, 0.1) is 5.56 Å². The zero-order valence-electron chi connectivity index (χ0n) is 18.7. The molecule has 0 amide bonds. The number of fused-ring (bicyclic) bond motifs is 1. The summed E-state index contributed by atoms with van der Waals surface area (Å²) < 4.78 is 31.4. The molecule has 2 N–H and O–H groups in total. The molecule has 3 aromatic carbocycles. The SMILES string of the molecule is C=N/C(C)=N\c1c(CC2CC(CNC)N2)cc(F)c(-c2cc(C)cc3ccccc23)c1F. The van der Waals surface area contributed by atoms with Crippen molar-refractivity contribution < 1.29 is 8.78 Å². The smallest absolute Gasteiger partial charge is 0.159 e. The largest absolute Gasteiger partial charge is 0.318 e. The first-order chi connectivity index (χ1) is 15.4. The van der Waals surface area contributed by atoms with Gasteiger partial charge in [-0.2, -0.15) is 0 Å². The number of likely N-dealkylation sites (N-methyl/N-ethyl adjacent to an activating group) is 1. The van der Waals surface area contributed by atoms with E-state index in [1.54, 1.807) is 6.92 Å². The third kappa shape index (κ3) is 4.33. The number of hydrogen-bond acceptors (Lipinski definition) is 3. The van der Waals surface area contributed by atoms with Gasteiger partial charge >= 0.3 is 0 Å². The maximum Gasteiger partial charge on any atom is 0.159 e. The van der Waals surface area contributed by atoms with Gasteiger partial charge in [0.1, 0.15) is 17.3 Å². The number of aryl methyl sites for hydroxylation is 1. The van der Waals surface area contributed by atoms with Crippen molar-refractivity contribution in [3.8, 4) is 11.1 Å². The molecule has 166 valence electrons. The minimum Gasteiger partial charge on any atom is -0.318 e. The number of benzene rings is 3. The Labute approximate surface area is 187 Å². The van der Waals surface area contributed by atoms with E-state index in [-0.39, 0.29) is 17.3 Å². The van der Waals surface area contributed by atoms with Crippen LogP contribution in [0.5, 0.6) is 0 Å². The second-order valence-electron chi connectivity index (χ2n) is 8.46. The Morgan fingerprint density at radius 2 is 1.94 bits per heavy atom. The highest BCUT2D eigenvalue weighted by Crippen LogP contribution is 2.39. The Morgan fingerprint density at radius 1 is 1.19 bits per heavy atom. The average Bonchev–Trinajstić information content (AvgIpc) is 2.74. The monoisotopic (exact) mass is 434 g/mol. The molecule has 1 aliphatic heterocycles. The van der Waals surface area contributed by atoms with Gasteiger partial charge in [-0.3, -0.25) is 0 Å². The van der Waals surface area contributed by atoms with Gasteiger partial charge in [-0.1, -0.05) is 36.4 Å². The molecule has 2 unspecified atom stereocenters. The Kier molecular flexibility index (Phi) is 6.44. The fourth-order valence-electron chi connectivity index (χ4n) is 4.49. The second kappa shape index (κ2) is 9.27. The summed E-state index contributed by atoms with van der Waals surface area (Å²) in [5, 5.41) is 8.32. The predicted octanol–water partition coefficient (Wildman–Crippen LogP) is 5.34. The zero-order chi connectivity index (χ0) is 22.8. The van der Waals surface area contributed by atoms with Crippen LogP contribution in [0.25, 0.3) is 21.9 Å². The third-order valence-electron chi connectivity index (χ3n) is 6.01. The lowest BCUT2D eigenvalue weighted by atomic mass is 9.88. The van der Waals surface area contributed by atoms with Gasteiger partial charge in [-0.15, -0.1) is 0 Å². The van der Waals surface area contributed by atoms with Crippen molar-refractivity contribution in [3.63, 3.8) is 0 Å². The third-order valence-corrected chi connectivity index (χ3v) is 6.01. The molecular weight excluding hydrogens is 406 g/mol. The fraction of sp³-hybridized carbons (Fsp3) is 0.308. The molecule has 4 rings (SSSR count). The van der Waals surface area contributed by atoms with E-state index >= 15 is 8.78 Å². The molecule has 2 atom stereocenters. The van der Waals surface area contributed by atoms with Crippen LogP contribution in [0, 0.1) is 18.6 Å². The summed E-state index contributed by atoms with van der Waals surface area (Å²) in [7, 11) is 1.91. The van der Waals surface area contributed by atoms with Crippen LogP contribution in [0.2, 0.25) is 0 Å². The van der Waals surface area contributed by atoms with E-state index in [2.05, 4.69) is 27.3 Å². The van der Waals surface area contributed by atoms with E-state index in [4.69, 9.17) is 0 Å². The Balaban J connectivity index is 1.84. The normalized spacial score (nSPS) is 18.6. The summed E-state index contributed by atoms with van der Waals surface area (Å²) in [5.74, 6) is -0.904. The van der Waals surface area contributed by atoms with Crippen LogP contribution in [-0.4, -0.2) is 38.2 Å². The molecule has 0 aromatic heterocycles. The van der Waals surface area contributed by atoms with Crippen LogP contribution < -0.4 is 10.6 Å². The van der Waals surface area contributed by atoms with Crippen molar-refractivity contribution >= 4 is 29.0 Å². The van der Waals surface area contributed by atoms with Crippen LogP contribution >= 0.6 is 0 Å². The lowest BCUT2D eigenvalue weighted by molar-refractivity contribution is 0.258. The molecule has 0 bridgehead atoms. The Morgan fingerprint density at radius 3 is 2.66 bits per heavy atom. The van der Waals surface area contributed by atoms with Crippen LogP contribution in [-0.2, 0) is 6.42 Å². The van der Waals surface area contributed by atoms with E-state index in [1.807, 2.05) is 50.4 Å². The fourth-order valence-corrected chi connectivity index (χ4v) is 4.49. The second-order valence-corrected chi connectivity index (χ2v) is 8.46. The highest BCUT2D eigenvalue weighted by atomic mass is 19.1. The molecule has 1 fully saturated rings. The Bertz CT molecular complexity index is 1200. The van der Waals surface area contributed by atoms with Gasteiger partial charge in [0, 0.05) is 18.6 Å². The van der Waals surface area contributed by atoms with E-state index < -0.39 is 11.6 Å². The van der Waals surface area contributed by atoms with Crippen molar-refractivity contribution in [2.45, 2.75) is 38.8 Å². The van der Waals surface area contributed by atoms with Crippen molar-refractivity contribution in [2.24, 2.45) is 9.98 Å². The highest BCUT2D eigenvalue weighted by Gasteiger charge is 2.30. The van der Waals surface area contributed by atoms with Gasteiger partial charge in [-0.25, -0.2) is 18.8 Å². The molecule has 1 aliphatic rings. The number of halogens is 2. The summed E-state index contributed by atoms with van der Waals surface area (Å²) in [5.41, 5.74) is 2.07. The van der Waals surface area contributed by atoms with Crippen molar-refractivity contribution in [2.75, 3.05) is 13.6 Å². The van der Waals surface area contributed by atoms with Crippen molar-refractivity contribution in [1.29, 1.82) is 0 Å². The summed E-state index contributed by atoms with van der Waals surface area (Å²) in [6.45, 7) is 7.94. The minimum absolute atomic E-state index is 0.0566. The topological polar surface area (TPSA) is 48.8 Å². The van der Waals surface area contributed by atoms with Gasteiger partial charge in [0.2, 0.25) is 0 Å². The van der Waals surface area contributed by atoms with Crippen molar-refractivity contribution in [3.05, 3.63) is 65.2 Å². The first-order valence-electron chi connectivity index (χ1n) is 10.8. The quantitative estimate of drug-likeness (QED) is 0.407. The zero-order valence-corrected chi connectivity index (χ0v) is 18.7. The first-order valence-corrected chi connectivity index (χ1v) is 10.8. The predicted molar refractivity (Wildman–Crippen MR) is 129 cm³/mol. The first kappa shape index (κ1) is 22.2. The number of aliphatic imine (C=N–C) groups is 2. The van der Waals surface area contributed by atoms with Crippen LogP contribution in [0.3, 0.4) is 0 Å². The molecular formula is C26H28F2N4. The molecule has 0 spiro atoms. The minimum atomic E-state index is -0.662. The number of hydrogen-bond donors (Lipinski definition) is 2. The molecule has 1 saturated heterocycles. The number of nitrogens with zero attached hydrogens (tertiary/aromatic N) is 2. The molecule has 0 radical (unpaired) electrons. The highest BCUT2D eigenvalue weighted by molar-refractivity contribution is 5.98. The van der Waals surface area contributed by atoms with E-state index in [1.165, 1.54) is 6.07 Å². The maximum atomic E-state index is 16.0. The van der Waals surface area contributed by atoms with E-state index in [0.717, 1.165) is 29.3 Å². The molecule has 32 heavy (non-hydrogen) atoms. The average molecular weight is 435 g/mol. The van der Waals surface area contributed by atoms with Gasteiger partial charge in [0.15, 0.2) is 5.82 Å². The standard InChI is InChI=1S/C26H28F2N4/c1-15-9-17-7-5-6-8-21(17)22(10-15)24-23(27)12-18(11-19-13-20(32-19)14-29-3)26(25(24)28)31-16(2)30-4/h5-10,12,19-20,29,32H,4,11,13-14H2,1-3H3/b31-16-. The van der Waals surface area contributed by atoms with Crippen LogP contribution in [0.4, 0.5) is 14.5 Å². The summed E-state index contributed by atoms with van der Waals surface area (Å²) in [6, 6.07) is 13.4. The summed E-state index contributed by atoms with van der Waals surface area (Å²) in [6.07, 6.45) is 1.43. The van der Waals surface area contributed by atoms with E-state index in [0.29, 0.717) is 29.4 Å². The molecule has 6 heteroatoms. The van der Waals surface area contributed by atoms with E-state index in [9.17, 15) is 0 Å². The van der Waals surface area contributed by atoms with Crippen LogP contribution in [0.15, 0.2) is 52.4 Å². The summed E-state index contributed by atoms with van der Waals surface area (Å²) >= 11 is 0. The number of amidine groups is 1. The van der Waals surface area contributed by atoms with Gasteiger partial charge in [0.25, 0.3) is 0 Å². The summed E-state index contributed by atoms with van der Waals surface area (Å²) in [4.78, 5) is 8.20. The van der Waals surface area contributed by atoms with Crippen molar-refractivity contribution in [1.82, 2.24) is 10.6 Å². The molecule has 0 aliphatic carbocycles. The van der Waals surface area contributed by atoms with Crippen LogP contribution in [0.1, 0.15) is 24.5 Å². The van der Waals surface area contributed by atoms with Gasteiger partial charge < -0.3 is 10.6 Å².